The molecule has 7 nitrogen and oxygen atoms in total. The van der Waals surface area contributed by atoms with Crippen LogP contribution in [0.25, 0.3) is 10.4 Å². The van der Waals surface area contributed by atoms with Gasteiger partial charge in [0.1, 0.15) is 28.2 Å². The van der Waals surface area contributed by atoms with E-state index in [9.17, 15) is 8.60 Å². The van der Waals surface area contributed by atoms with Crippen LogP contribution in [-0.2, 0) is 21.8 Å². The molecule has 0 spiro atoms. The van der Waals surface area contributed by atoms with Gasteiger partial charge >= 0.3 is 0 Å². The van der Waals surface area contributed by atoms with Crippen molar-refractivity contribution in [1.82, 2.24) is 0 Å². The standard InChI is InChI=1S/C22H35FN4O3SSi/c1-15(26-31(28)20(2,3)4)18-11-17(23)10-16-12-22(13-25-27-24,30-19(16)18)14-29-32(8,9)21(5,6)7/h10-11H,12-14H2,1-9H3/b26-15+. The third-order valence-electron chi connectivity index (χ3n) is 6.02. The minimum absolute atomic E-state index is 0.00429. The van der Waals surface area contributed by atoms with E-state index >= 15 is 0 Å². The Balaban J connectivity index is 2.46. The Morgan fingerprint density at radius 3 is 2.47 bits per heavy atom. The molecule has 1 aromatic rings. The number of ether oxygens (including phenoxy) is 1. The molecule has 0 radical (unpaired) electrons. The molecule has 1 aliphatic rings. The smallest absolute Gasteiger partial charge is 0.192 e. The first-order chi connectivity index (χ1) is 14.5. The minimum atomic E-state index is -2.10. The third kappa shape index (κ3) is 5.98. The number of nitrogens with zero attached hydrogens (tertiary/aromatic N) is 4. The van der Waals surface area contributed by atoms with Crippen LogP contribution in [0, 0.1) is 5.82 Å². The van der Waals surface area contributed by atoms with E-state index in [2.05, 4.69) is 48.3 Å². The first kappa shape index (κ1) is 26.5. The summed E-state index contributed by atoms with van der Waals surface area (Å²) in [6.45, 7) is 18.2. The average molecular weight is 483 g/mol. The van der Waals surface area contributed by atoms with E-state index in [-0.39, 0.29) is 18.2 Å². The maximum absolute atomic E-state index is 14.5. The summed E-state index contributed by atoms with van der Waals surface area (Å²) in [6.07, 6.45) is 0.344. The molecule has 0 aromatic heterocycles. The van der Waals surface area contributed by atoms with Crippen molar-refractivity contribution in [3.8, 4) is 5.75 Å². The van der Waals surface area contributed by atoms with Crippen molar-refractivity contribution in [2.24, 2.45) is 9.51 Å². The lowest BCUT2D eigenvalue weighted by molar-refractivity contribution is 0.0408. The molecule has 1 aliphatic heterocycles. The highest BCUT2D eigenvalue weighted by Gasteiger charge is 2.45. The Hall–Kier alpha value is -1.74. The monoisotopic (exact) mass is 482 g/mol. The van der Waals surface area contributed by atoms with Crippen molar-refractivity contribution < 1.29 is 17.8 Å². The Bertz CT molecular complexity index is 979. The number of halogens is 1. The number of hydrogen-bond acceptors (Lipinski definition) is 4. The van der Waals surface area contributed by atoms with Gasteiger partial charge in [-0.2, -0.15) is 4.40 Å². The molecular formula is C22H35FN4O3SSi. The van der Waals surface area contributed by atoms with Gasteiger partial charge in [0.25, 0.3) is 0 Å². The van der Waals surface area contributed by atoms with Gasteiger partial charge in [-0.15, -0.1) is 0 Å². The lowest BCUT2D eigenvalue weighted by Gasteiger charge is -2.39. The molecule has 0 amide bonds. The minimum Gasteiger partial charge on any atom is -0.483 e. The molecule has 32 heavy (non-hydrogen) atoms. The van der Waals surface area contributed by atoms with Crippen molar-refractivity contribution in [1.29, 1.82) is 0 Å². The molecule has 1 aromatic carbocycles. The van der Waals surface area contributed by atoms with Crippen LogP contribution in [0.15, 0.2) is 21.6 Å². The summed E-state index contributed by atoms with van der Waals surface area (Å²) in [4.78, 5) is 2.90. The third-order valence-corrected chi connectivity index (χ3v) is 12.0. The van der Waals surface area contributed by atoms with Crippen LogP contribution in [0.5, 0.6) is 5.75 Å². The van der Waals surface area contributed by atoms with Gasteiger partial charge in [-0.1, -0.05) is 25.9 Å². The van der Waals surface area contributed by atoms with Crippen molar-refractivity contribution in [3.05, 3.63) is 39.5 Å². The van der Waals surface area contributed by atoms with Crippen molar-refractivity contribution in [2.45, 2.75) is 83.4 Å². The van der Waals surface area contributed by atoms with Crippen LogP contribution in [0.2, 0.25) is 18.1 Å². The highest BCUT2D eigenvalue weighted by molar-refractivity contribution is 7.85. The first-order valence-electron chi connectivity index (χ1n) is 10.7. The summed E-state index contributed by atoms with van der Waals surface area (Å²) in [7, 11) is -3.60. The van der Waals surface area contributed by atoms with Gasteiger partial charge < -0.3 is 9.16 Å². The topological polar surface area (TPSA) is 96.7 Å². The maximum atomic E-state index is 14.5. The summed E-state index contributed by atoms with van der Waals surface area (Å²) in [5, 5.41) is 3.76. The molecule has 10 heteroatoms. The second-order valence-corrected chi connectivity index (χ2v) is 17.6. The number of fused-ring (bicyclic) bond motifs is 1. The number of rotatable bonds is 7. The predicted molar refractivity (Wildman–Crippen MR) is 131 cm³/mol. The fraction of sp³-hybridized carbons (Fsp3) is 0.682. The molecule has 178 valence electrons. The zero-order valence-corrected chi connectivity index (χ0v) is 22.4. The van der Waals surface area contributed by atoms with E-state index in [4.69, 9.17) is 14.7 Å². The van der Waals surface area contributed by atoms with Gasteiger partial charge in [-0.3, -0.25) is 0 Å². The van der Waals surface area contributed by atoms with Gasteiger partial charge in [-0.25, -0.2) is 8.60 Å². The number of azide groups is 1. The Labute approximate surface area is 194 Å². The molecule has 2 rings (SSSR count). The summed E-state index contributed by atoms with van der Waals surface area (Å²) in [6, 6.07) is 2.77. The summed E-state index contributed by atoms with van der Waals surface area (Å²) in [5.74, 6) is 0.0499. The molecule has 0 saturated carbocycles. The molecule has 2 unspecified atom stereocenters. The van der Waals surface area contributed by atoms with Crippen molar-refractivity contribution in [3.63, 3.8) is 0 Å². The fourth-order valence-corrected chi connectivity index (χ4v) is 4.66. The maximum Gasteiger partial charge on any atom is 0.192 e. The Morgan fingerprint density at radius 2 is 1.94 bits per heavy atom. The molecule has 2 atom stereocenters. The molecule has 0 N–H and O–H groups in total. The van der Waals surface area contributed by atoms with Crippen LogP contribution in [0.1, 0.15) is 59.6 Å². The average Bonchev–Trinajstić information content (AvgIpc) is 3.01. The quantitative estimate of drug-likeness (QED) is 0.154. The predicted octanol–water partition coefficient (Wildman–Crippen LogP) is 6.10. The van der Waals surface area contributed by atoms with Gasteiger partial charge in [0.2, 0.25) is 0 Å². The van der Waals surface area contributed by atoms with Crippen LogP contribution in [0.4, 0.5) is 4.39 Å². The van der Waals surface area contributed by atoms with Crippen LogP contribution in [0.3, 0.4) is 0 Å². The van der Waals surface area contributed by atoms with Gasteiger partial charge in [0.15, 0.2) is 8.32 Å². The van der Waals surface area contributed by atoms with E-state index in [0.717, 1.165) is 0 Å². The summed E-state index contributed by atoms with van der Waals surface area (Å²) < 4.78 is 43.6. The highest BCUT2D eigenvalue weighted by Crippen LogP contribution is 2.42. The first-order valence-corrected chi connectivity index (χ1v) is 14.7. The second kappa shape index (κ2) is 9.25. The summed E-state index contributed by atoms with van der Waals surface area (Å²) >= 11 is 0. The summed E-state index contributed by atoms with van der Waals surface area (Å²) in [5.41, 5.74) is 9.54. The molecule has 1 heterocycles. The molecule has 0 saturated heterocycles. The highest BCUT2D eigenvalue weighted by atomic mass is 32.2. The largest absolute Gasteiger partial charge is 0.483 e. The van der Waals surface area contributed by atoms with Crippen molar-refractivity contribution >= 4 is 25.0 Å². The Morgan fingerprint density at radius 1 is 1.31 bits per heavy atom. The molecular weight excluding hydrogens is 447 g/mol. The van der Waals surface area contributed by atoms with Gasteiger partial charge in [0, 0.05) is 22.5 Å². The molecule has 0 bridgehead atoms. The number of hydrogen-bond donors (Lipinski definition) is 0. The van der Waals surface area contributed by atoms with Crippen LogP contribution in [-0.4, -0.2) is 41.7 Å². The van der Waals surface area contributed by atoms with E-state index in [1.54, 1.807) is 6.92 Å². The SMILES string of the molecule is C/C(=N\S(=O)C(C)(C)C)c1cc(F)cc2c1OC(CN=[N+]=[N-])(CO[Si](C)(C)C(C)(C)C)C2. The van der Waals surface area contributed by atoms with E-state index in [1.165, 1.54) is 12.1 Å². The van der Waals surface area contributed by atoms with Crippen LogP contribution < -0.4 is 4.74 Å². The fourth-order valence-electron chi connectivity index (χ4n) is 2.98. The molecule has 0 fully saturated rings. The second-order valence-electron chi connectivity index (χ2n) is 10.9. The van der Waals surface area contributed by atoms with Gasteiger partial charge in [0.05, 0.1) is 23.6 Å². The zero-order valence-electron chi connectivity index (χ0n) is 20.6. The van der Waals surface area contributed by atoms with Crippen LogP contribution >= 0.6 is 0 Å². The van der Waals surface area contributed by atoms with Crippen molar-refractivity contribution in [2.75, 3.05) is 13.2 Å². The number of benzene rings is 1. The lowest BCUT2D eigenvalue weighted by Crippen LogP contribution is -2.49. The normalized spacial score (nSPS) is 20.4. The van der Waals surface area contributed by atoms with E-state index in [0.29, 0.717) is 29.0 Å². The van der Waals surface area contributed by atoms with E-state index in [1.807, 2.05) is 20.8 Å². The van der Waals surface area contributed by atoms with E-state index < -0.39 is 35.5 Å². The lowest BCUT2D eigenvalue weighted by atomic mass is 9.97. The Kier molecular flexibility index (Phi) is 7.66. The zero-order chi connectivity index (χ0) is 24.5. The van der Waals surface area contributed by atoms with Gasteiger partial charge in [-0.05, 0) is 63.5 Å². The molecule has 0 aliphatic carbocycles.